The molecule has 0 bridgehead atoms. The quantitative estimate of drug-likeness (QED) is 0.751. The number of ketones is 1. The van der Waals surface area contributed by atoms with Gasteiger partial charge >= 0.3 is 6.03 Å². The van der Waals surface area contributed by atoms with Gasteiger partial charge < -0.3 is 10.6 Å². The molecular formula is C19H21ClN2O2. The Kier molecular flexibility index (Phi) is 6.82. The molecule has 126 valence electrons. The van der Waals surface area contributed by atoms with Crippen LogP contribution in [0.5, 0.6) is 0 Å². The molecule has 0 unspecified atom stereocenters. The van der Waals surface area contributed by atoms with Crippen LogP contribution in [-0.2, 0) is 6.42 Å². The lowest BCUT2D eigenvalue weighted by Gasteiger charge is -2.08. The van der Waals surface area contributed by atoms with Crippen LogP contribution >= 0.6 is 11.6 Å². The van der Waals surface area contributed by atoms with Gasteiger partial charge in [-0.25, -0.2) is 4.79 Å². The number of urea groups is 1. The molecule has 0 fully saturated rings. The van der Waals surface area contributed by atoms with Gasteiger partial charge in [-0.15, -0.1) is 0 Å². The van der Waals surface area contributed by atoms with Crippen molar-refractivity contribution in [1.82, 2.24) is 10.6 Å². The van der Waals surface area contributed by atoms with Crippen molar-refractivity contribution in [1.29, 1.82) is 0 Å². The van der Waals surface area contributed by atoms with Crippen molar-refractivity contribution in [2.24, 2.45) is 0 Å². The van der Waals surface area contributed by atoms with E-state index in [1.54, 1.807) is 0 Å². The van der Waals surface area contributed by atoms with E-state index in [0.717, 1.165) is 17.5 Å². The highest BCUT2D eigenvalue weighted by Gasteiger charge is 2.06. The molecule has 24 heavy (non-hydrogen) atoms. The van der Waals surface area contributed by atoms with E-state index in [0.29, 0.717) is 23.7 Å². The van der Waals surface area contributed by atoms with E-state index in [-0.39, 0.29) is 18.2 Å². The van der Waals surface area contributed by atoms with Gasteiger partial charge in [-0.1, -0.05) is 53.6 Å². The van der Waals surface area contributed by atoms with E-state index in [1.165, 1.54) is 0 Å². The molecule has 0 heterocycles. The fraction of sp³-hybridized carbons (Fsp3) is 0.263. The minimum Gasteiger partial charge on any atom is -0.338 e. The zero-order chi connectivity index (χ0) is 17.4. The lowest BCUT2D eigenvalue weighted by molar-refractivity contribution is 0.0983. The van der Waals surface area contributed by atoms with Crippen LogP contribution in [0.1, 0.15) is 27.9 Å². The van der Waals surface area contributed by atoms with Gasteiger partial charge in [-0.2, -0.15) is 0 Å². The zero-order valence-corrected chi connectivity index (χ0v) is 14.4. The number of nitrogens with one attached hydrogen (secondary N) is 2. The largest absolute Gasteiger partial charge is 0.338 e. The monoisotopic (exact) mass is 344 g/mol. The Morgan fingerprint density at radius 3 is 2.21 bits per heavy atom. The first kappa shape index (κ1) is 18.0. The van der Waals surface area contributed by atoms with Crippen molar-refractivity contribution < 1.29 is 9.59 Å². The summed E-state index contributed by atoms with van der Waals surface area (Å²) in [7, 11) is 0. The first-order valence-electron chi connectivity index (χ1n) is 7.90. The number of halogens is 1. The zero-order valence-electron chi connectivity index (χ0n) is 13.6. The Hall–Kier alpha value is -2.33. The first-order valence-corrected chi connectivity index (χ1v) is 8.28. The summed E-state index contributed by atoms with van der Waals surface area (Å²) in [4.78, 5) is 23.7. The third kappa shape index (κ3) is 6.05. The molecule has 0 aromatic heterocycles. The third-order valence-electron chi connectivity index (χ3n) is 3.62. The summed E-state index contributed by atoms with van der Waals surface area (Å²) in [6, 6.07) is 14.7. The van der Waals surface area contributed by atoms with E-state index in [2.05, 4.69) is 10.6 Å². The number of Topliss-reactive ketones (excluding diaryl/α,β-unsaturated/α-hetero) is 1. The molecule has 2 aromatic carbocycles. The predicted molar refractivity (Wildman–Crippen MR) is 96.7 cm³/mol. The molecule has 0 atom stereocenters. The van der Waals surface area contributed by atoms with Crippen LogP contribution in [0.15, 0.2) is 48.5 Å². The van der Waals surface area contributed by atoms with E-state index >= 15 is 0 Å². The van der Waals surface area contributed by atoms with Crippen LogP contribution in [0.3, 0.4) is 0 Å². The van der Waals surface area contributed by atoms with Crippen LogP contribution in [0.25, 0.3) is 0 Å². The highest BCUT2D eigenvalue weighted by Crippen LogP contribution is 2.09. The second kappa shape index (κ2) is 9.08. The molecule has 0 saturated carbocycles. The van der Waals surface area contributed by atoms with Crippen molar-refractivity contribution in [2.75, 3.05) is 13.1 Å². The van der Waals surface area contributed by atoms with Crippen molar-refractivity contribution in [3.8, 4) is 0 Å². The Balaban J connectivity index is 1.63. The van der Waals surface area contributed by atoms with Gasteiger partial charge in [0, 0.05) is 30.1 Å². The number of carbonyl (C=O) groups excluding carboxylic acids is 2. The number of carbonyl (C=O) groups is 2. The number of hydrogen-bond acceptors (Lipinski definition) is 2. The summed E-state index contributed by atoms with van der Waals surface area (Å²) in [6.07, 6.45) is 1.01. The Labute approximate surface area is 147 Å². The van der Waals surface area contributed by atoms with Gasteiger partial charge in [-0.05, 0) is 31.0 Å². The summed E-state index contributed by atoms with van der Waals surface area (Å²) < 4.78 is 0. The molecule has 4 nitrogen and oxygen atoms in total. The van der Waals surface area contributed by atoms with Gasteiger partial charge in [0.25, 0.3) is 0 Å². The molecule has 0 saturated heterocycles. The standard InChI is InChI=1S/C19H21ClN2O2/c1-14-2-6-16(7-3-14)18(23)11-13-22-19(24)21-12-10-15-4-8-17(20)9-5-15/h2-9H,10-13H2,1H3,(H2,21,22,24). The molecule has 0 aliphatic heterocycles. The number of aryl methyl sites for hydroxylation is 1. The van der Waals surface area contributed by atoms with Crippen LogP contribution in [0.4, 0.5) is 4.79 Å². The Morgan fingerprint density at radius 2 is 1.54 bits per heavy atom. The topological polar surface area (TPSA) is 58.2 Å². The molecular weight excluding hydrogens is 324 g/mol. The first-order chi connectivity index (χ1) is 11.5. The molecule has 2 aromatic rings. The van der Waals surface area contributed by atoms with E-state index in [1.807, 2.05) is 55.5 Å². The average Bonchev–Trinajstić information content (AvgIpc) is 2.57. The lowest BCUT2D eigenvalue weighted by Crippen LogP contribution is -2.37. The Bertz CT molecular complexity index is 682. The molecule has 5 heteroatoms. The lowest BCUT2D eigenvalue weighted by atomic mass is 10.1. The van der Waals surface area contributed by atoms with Crippen LogP contribution in [0.2, 0.25) is 5.02 Å². The number of hydrogen-bond donors (Lipinski definition) is 2. The summed E-state index contributed by atoms with van der Waals surface area (Å²) >= 11 is 5.82. The summed E-state index contributed by atoms with van der Waals surface area (Å²) in [5.74, 6) is 0.0245. The highest BCUT2D eigenvalue weighted by molar-refractivity contribution is 6.30. The van der Waals surface area contributed by atoms with Gasteiger partial charge in [0.1, 0.15) is 0 Å². The maximum atomic E-state index is 12.0. The fourth-order valence-corrected chi connectivity index (χ4v) is 2.33. The molecule has 2 N–H and O–H groups in total. The van der Waals surface area contributed by atoms with Crippen LogP contribution < -0.4 is 10.6 Å². The third-order valence-corrected chi connectivity index (χ3v) is 3.88. The van der Waals surface area contributed by atoms with Crippen molar-refractivity contribution in [3.05, 3.63) is 70.2 Å². The van der Waals surface area contributed by atoms with Gasteiger partial charge in [0.15, 0.2) is 5.78 Å². The Morgan fingerprint density at radius 1 is 0.917 bits per heavy atom. The van der Waals surface area contributed by atoms with E-state index in [9.17, 15) is 9.59 Å². The smallest absolute Gasteiger partial charge is 0.314 e. The SMILES string of the molecule is Cc1ccc(C(=O)CCNC(=O)NCCc2ccc(Cl)cc2)cc1. The van der Waals surface area contributed by atoms with Gasteiger partial charge in [0.2, 0.25) is 0 Å². The molecule has 0 aliphatic rings. The number of rotatable bonds is 7. The second-order valence-corrected chi connectivity index (χ2v) is 6.03. The minimum atomic E-state index is -0.263. The second-order valence-electron chi connectivity index (χ2n) is 5.60. The minimum absolute atomic E-state index is 0.0245. The van der Waals surface area contributed by atoms with Crippen molar-refractivity contribution in [2.45, 2.75) is 19.8 Å². The fourth-order valence-electron chi connectivity index (χ4n) is 2.21. The number of amides is 2. The maximum absolute atomic E-state index is 12.0. The molecule has 0 aliphatic carbocycles. The van der Waals surface area contributed by atoms with E-state index in [4.69, 9.17) is 11.6 Å². The van der Waals surface area contributed by atoms with Crippen molar-refractivity contribution >= 4 is 23.4 Å². The van der Waals surface area contributed by atoms with Crippen LogP contribution in [-0.4, -0.2) is 24.9 Å². The molecule has 2 amide bonds. The maximum Gasteiger partial charge on any atom is 0.314 e. The van der Waals surface area contributed by atoms with E-state index < -0.39 is 0 Å². The van der Waals surface area contributed by atoms with Gasteiger partial charge in [-0.3, -0.25) is 4.79 Å². The summed E-state index contributed by atoms with van der Waals surface area (Å²) in [5.41, 5.74) is 2.89. The number of benzene rings is 2. The van der Waals surface area contributed by atoms with Gasteiger partial charge in [0.05, 0.1) is 0 Å². The van der Waals surface area contributed by atoms with Crippen LogP contribution in [0, 0.1) is 6.92 Å². The highest BCUT2D eigenvalue weighted by atomic mass is 35.5. The average molecular weight is 345 g/mol. The summed E-state index contributed by atoms with van der Waals surface area (Å²) in [6.45, 7) is 2.82. The van der Waals surface area contributed by atoms with Crippen molar-refractivity contribution in [3.63, 3.8) is 0 Å². The predicted octanol–water partition coefficient (Wildman–Crippen LogP) is 3.76. The molecule has 0 radical (unpaired) electrons. The normalized spacial score (nSPS) is 10.2. The summed E-state index contributed by atoms with van der Waals surface area (Å²) in [5, 5.41) is 6.17. The molecule has 2 rings (SSSR count). The molecule has 0 spiro atoms.